The van der Waals surface area contributed by atoms with Crippen LogP contribution in [0, 0.1) is 5.92 Å². The first-order valence-electron chi connectivity index (χ1n) is 6.07. The van der Waals surface area contributed by atoms with E-state index in [-0.39, 0.29) is 6.61 Å². The zero-order chi connectivity index (χ0) is 11.4. The van der Waals surface area contributed by atoms with Gasteiger partial charge in [-0.3, -0.25) is 0 Å². The van der Waals surface area contributed by atoms with Crippen LogP contribution in [0.15, 0.2) is 18.2 Å². The number of hydrogen-bond donors (Lipinski definition) is 1. The summed E-state index contributed by atoms with van der Waals surface area (Å²) in [5.74, 6) is 1.79. The van der Waals surface area contributed by atoms with Crippen molar-refractivity contribution in [1.29, 1.82) is 0 Å². The topological polar surface area (TPSA) is 36.4 Å². The van der Waals surface area contributed by atoms with Gasteiger partial charge in [-0.2, -0.15) is 0 Å². The van der Waals surface area contributed by atoms with Crippen molar-refractivity contribution in [3.05, 3.63) is 23.9 Å². The molecule has 0 atom stereocenters. The Morgan fingerprint density at radius 1 is 1.38 bits per heavy atom. The molecule has 1 aliphatic carbocycles. The van der Waals surface area contributed by atoms with Crippen LogP contribution >= 0.6 is 0 Å². The lowest BCUT2D eigenvalue weighted by molar-refractivity contribution is 0.277. The zero-order valence-electron chi connectivity index (χ0n) is 9.89. The molecule has 1 aromatic rings. The minimum Gasteiger partial charge on any atom is -0.390 e. The van der Waals surface area contributed by atoms with Crippen molar-refractivity contribution < 1.29 is 5.11 Å². The van der Waals surface area contributed by atoms with Gasteiger partial charge in [-0.05, 0) is 30.9 Å². The second-order valence-electron chi connectivity index (χ2n) is 4.68. The van der Waals surface area contributed by atoms with Crippen LogP contribution in [-0.2, 0) is 6.61 Å². The molecule has 16 heavy (non-hydrogen) atoms. The highest BCUT2D eigenvalue weighted by Crippen LogP contribution is 2.26. The fourth-order valence-corrected chi connectivity index (χ4v) is 2.44. The van der Waals surface area contributed by atoms with Crippen molar-refractivity contribution >= 4 is 5.82 Å². The van der Waals surface area contributed by atoms with E-state index in [9.17, 15) is 0 Å². The Balaban J connectivity index is 1.98. The highest BCUT2D eigenvalue weighted by atomic mass is 16.3. The van der Waals surface area contributed by atoms with Crippen LogP contribution in [0.4, 0.5) is 5.82 Å². The second-order valence-corrected chi connectivity index (χ2v) is 4.68. The van der Waals surface area contributed by atoms with E-state index in [1.165, 1.54) is 25.7 Å². The number of aromatic nitrogens is 1. The van der Waals surface area contributed by atoms with Gasteiger partial charge in [0, 0.05) is 13.6 Å². The fraction of sp³-hybridized carbons (Fsp3) is 0.615. The molecule has 0 saturated heterocycles. The number of pyridine rings is 1. The quantitative estimate of drug-likeness (QED) is 0.845. The lowest BCUT2D eigenvalue weighted by Gasteiger charge is -2.22. The van der Waals surface area contributed by atoms with Gasteiger partial charge in [0.05, 0.1) is 12.3 Å². The summed E-state index contributed by atoms with van der Waals surface area (Å²) in [5, 5.41) is 9.05. The average molecular weight is 220 g/mol. The van der Waals surface area contributed by atoms with Gasteiger partial charge in [0.15, 0.2) is 0 Å². The predicted molar refractivity (Wildman–Crippen MR) is 65.4 cm³/mol. The Bertz CT molecular complexity index is 334. The highest BCUT2D eigenvalue weighted by molar-refractivity contribution is 5.38. The largest absolute Gasteiger partial charge is 0.390 e. The lowest BCUT2D eigenvalue weighted by atomic mass is 10.1. The third-order valence-corrected chi connectivity index (χ3v) is 3.35. The maximum Gasteiger partial charge on any atom is 0.128 e. The van der Waals surface area contributed by atoms with Gasteiger partial charge < -0.3 is 10.0 Å². The zero-order valence-corrected chi connectivity index (χ0v) is 9.89. The summed E-state index contributed by atoms with van der Waals surface area (Å²) in [7, 11) is 2.09. The Hall–Kier alpha value is -1.09. The van der Waals surface area contributed by atoms with E-state index in [0.29, 0.717) is 0 Å². The molecule has 1 saturated carbocycles. The van der Waals surface area contributed by atoms with Gasteiger partial charge in [-0.1, -0.05) is 18.9 Å². The second kappa shape index (κ2) is 5.30. The minimum absolute atomic E-state index is 0.0190. The van der Waals surface area contributed by atoms with Crippen LogP contribution in [0.2, 0.25) is 0 Å². The van der Waals surface area contributed by atoms with Gasteiger partial charge in [0.25, 0.3) is 0 Å². The summed E-state index contributed by atoms with van der Waals surface area (Å²) < 4.78 is 0. The summed E-state index contributed by atoms with van der Waals surface area (Å²) in [5.41, 5.74) is 0.746. The molecule has 1 aromatic heterocycles. The van der Waals surface area contributed by atoms with Crippen molar-refractivity contribution in [2.45, 2.75) is 32.3 Å². The Morgan fingerprint density at radius 2 is 2.12 bits per heavy atom. The molecular weight excluding hydrogens is 200 g/mol. The summed E-state index contributed by atoms with van der Waals surface area (Å²) >= 11 is 0. The highest BCUT2D eigenvalue weighted by Gasteiger charge is 2.17. The summed E-state index contributed by atoms with van der Waals surface area (Å²) in [4.78, 5) is 6.61. The molecule has 0 bridgehead atoms. The standard InChI is InChI=1S/C13H20N2O/c1-15(9-11-5-2-3-6-11)13-8-4-7-12(10-16)14-13/h4,7-8,11,16H,2-3,5-6,9-10H2,1H3. The molecular formula is C13H20N2O. The smallest absolute Gasteiger partial charge is 0.128 e. The first-order valence-corrected chi connectivity index (χ1v) is 6.07. The van der Waals surface area contributed by atoms with Crippen LogP contribution in [-0.4, -0.2) is 23.7 Å². The maximum atomic E-state index is 9.05. The molecule has 1 N–H and O–H groups in total. The van der Waals surface area contributed by atoms with Crippen LogP contribution < -0.4 is 4.90 Å². The first-order chi connectivity index (χ1) is 7.79. The van der Waals surface area contributed by atoms with E-state index < -0.39 is 0 Å². The molecule has 88 valence electrons. The molecule has 1 aliphatic rings. The molecule has 3 heteroatoms. The van der Waals surface area contributed by atoms with Crippen LogP contribution in [0.5, 0.6) is 0 Å². The maximum absolute atomic E-state index is 9.05. The summed E-state index contributed by atoms with van der Waals surface area (Å²) in [6.45, 7) is 1.10. The number of rotatable bonds is 4. The van der Waals surface area contributed by atoms with E-state index in [0.717, 1.165) is 24.0 Å². The van der Waals surface area contributed by atoms with Crippen LogP contribution in [0.25, 0.3) is 0 Å². The van der Waals surface area contributed by atoms with Crippen molar-refractivity contribution in [3.8, 4) is 0 Å². The molecule has 0 spiro atoms. The minimum atomic E-state index is 0.0190. The van der Waals surface area contributed by atoms with Crippen LogP contribution in [0.1, 0.15) is 31.4 Å². The molecule has 0 unspecified atom stereocenters. The van der Waals surface area contributed by atoms with E-state index in [1.807, 2.05) is 18.2 Å². The third kappa shape index (κ3) is 2.73. The summed E-state index contributed by atoms with van der Waals surface area (Å²) in [6, 6.07) is 5.82. The molecule has 0 aromatic carbocycles. The average Bonchev–Trinajstić information content (AvgIpc) is 2.82. The normalized spacial score (nSPS) is 16.6. The summed E-state index contributed by atoms with van der Waals surface area (Å²) in [6.07, 6.45) is 5.46. The van der Waals surface area contributed by atoms with Crippen molar-refractivity contribution in [2.24, 2.45) is 5.92 Å². The predicted octanol–water partition coefficient (Wildman–Crippen LogP) is 2.20. The monoisotopic (exact) mass is 220 g/mol. The van der Waals surface area contributed by atoms with Gasteiger partial charge in [0.1, 0.15) is 5.82 Å². The molecule has 1 heterocycles. The van der Waals surface area contributed by atoms with Gasteiger partial charge >= 0.3 is 0 Å². The van der Waals surface area contributed by atoms with Crippen molar-refractivity contribution in [1.82, 2.24) is 4.98 Å². The van der Waals surface area contributed by atoms with E-state index in [2.05, 4.69) is 16.9 Å². The Labute approximate surface area is 97.1 Å². The molecule has 2 rings (SSSR count). The molecule has 0 aliphatic heterocycles. The Kier molecular flexibility index (Phi) is 3.78. The number of anilines is 1. The van der Waals surface area contributed by atoms with Gasteiger partial charge in [-0.15, -0.1) is 0 Å². The Morgan fingerprint density at radius 3 is 2.81 bits per heavy atom. The number of hydrogen-bond acceptors (Lipinski definition) is 3. The number of nitrogens with zero attached hydrogens (tertiary/aromatic N) is 2. The van der Waals surface area contributed by atoms with Crippen molar-refractivity contribution in [3.63, 3.8) is 0 Å². The van der Waals surface area contributed by atoms with Gasteiger partial charge in [0.2, 0.25) is 0 Å². The fourth-order valence-electron chi connectivity index (χ4n) is 2.44. The molecule has 3 nitrogen and oxygen atoms in total. The van der Waals surface area contributed by atoms with Crippen molar-refractivity contribution in [2.75, 3.05) is 18.5 Å². The van der Waals surface area contributed by atoms with Gasteiger partial charge in [-0.25, -0.2) is 4.98 Å². The van der Waals surface area contributed by atoms with Crippen LogP contribution in [0.3, 0.4) is 0 Å². The van der Waals surface area contributed by atoms with E-state index in [4.69, 9.17) is 5.11 Å². The molecule has 0 amide bonds. The molecule has 1 fully saturated rings. The SMILES string of the molecule is CN(CC1CCCC1)c1cccc(CO)n1. The number of aliphatic hydroxyl groups is 1. The third-order valence-electron chi connectivity index (χ3n) is 3.35. The van der Waals surface area contributed by atoms with E-state index in [1.54, 1.807) is 0 Å². The first kappa shape index (κ1) is 11.4. The number of aliphatic hydroxyl groups excluding tert-OH is 1. The lowest BCUT2D eigenvalue weighted by Crippen LogP contribution is -2.25. The molecule has 0 radical (unpaired) electrons. The van der Waals surface area contributed by atoms with E-state index >= 15 is 0 Å².